The molecule has 1 amide bonds. The van der Waals surface area contributed by atoms with E-state index < -0.39 is 12.0 Å². The predicted octanol–water partition coefficient (Wildman–Crippen LogP) is 4.65. The van der Waals surface area contributed by atoms with Crippen LogP contribution in [0.5, 0.6) is 0 Å². The largest absolute Gasteiger partial charge is 0.467 e. The Morgan fingerprint density at radius 3 is 2.26 bits per heavy atom. The van der Waals surface area contributed by atoms with Crippen molar-refractivity contribution in [3.05, 3.63) is 41.0 Å². The fraction of sp³-hybridized carbons (Fsp3) is 0.645. The first kappa shape index (κ1) is 40.9. The molecule has 1 heterocycles. The topological polar surface area (TPSA) is 128 Å². The molecule has 0 bridgehead atoms. The lowest BCUT2D eigenvalue weighted by Gasteiger charge is -2.22. The monoisotopic (exact) mass is 550 g/mol. The Bertz CT molecular complexity index is 799. The molecular weight excluding hydrogens is 492 g/mol. The van der Waals surface area contributed by atoms with Gasteiger partial charge in [0, 0.05) is 25.4 Å². The number of likely N-dealkylation sites (tertiary alicyclic amines) is 1. The first-order chi connectivity index (χ1) is 18.8. The zero-order valence-electron chi connectivity index (χ0n) is 26.4. The van der Waals surface area contributed by atoms with Gasteiger partial charge in [0.2, 0.25) is 5.91 Å². The molecule has 1 fully saturated rings. The second-order valence-electron chi connectivity index (χ2n) is 8.59. The summed E-state index contributed by atoms with van der Waals surface area (Å²) in [5.74, 6) is -0.631. The van der Waals surface area contributed by atoms with E-state index in [0.29, 0.717) is 19.4 Å². The SMILES string of the molecule is C/C=C\c1cc(CC(NC(=O)C2CC(N)CN2C)C(=O)OC)ccc1C.CC.CC.CCCCCC=O.CN. The van der Waals surface area contributed by atoms with Crippen LogP contribution in [-0.2, 0) is 25.5 Å². The summed E-state index contributed by atoms with van der Waals surface area (Å²) in [5, 5.41) is 2.85. The summed E-state index contributed by atoms with van der Waals surface area (Å²) in [6.07, 6.45) is 10.2. The summed E-state index contributed by atoms with van der Waals surface area (Å²) in [7, 11) is 4.70. The zero-order valence-corrected chi connectivity index (χ0v) is 26.4. The number of benzene rings is 1. The molecule has 1 saturated heterocycles. The van der Waals surface area contributed by atoms with Crippen molar-refractivity contribution < 1.29 is 19.1 Å². The van der Waals surface area contributed by atoms with Crippen molar-refractivity contribution in [2.45, 2.75) is 105 Å². The number of aryl methyl sites for hydroxylation is 1. The molecule has 1 aromatic carbocycles. The number of amides is 1. The molecule has 0 aliphatic carbocycles. The number of nitrogens with two attached hydrogens (primary N) is 2. The van der Waals surface area contributed by atoms with E-state index in [1.807, 2.05) is 83.8 Å². The van der Waals surface area contributed by atoms with Gasteiger partial charge in [-0.2, -0.15) is 0 Å². The molecule has 5 N–H and O–H groups in total. The van der Waals surface area contributed by atoms with Gasteiger partial charge < -0.3 is 26.3 Å². The summed E-state index contributed by atoms with van der Waals surface area (Å²) in [5.41, 5.74) is 13.7. The number of nitrogens with one attached hydrogen (secondary N) is 1. The quantitative estimate of drug-likeness (QED) is 0.220. The van der Waals surface area contributed by atoms with E-state index in [4.69, 9.17) is 10.5 Å². The van der Waals surface area contributed by atoms with E-state index in [2.05, 4.69) is 18.0 Å². The van der Waals surface area contributed by atoms with Crippen molar-refractivity contribution in [1.29, 1.82) is 0 Å². The predicted molar refractivity (Wildman–Crippen MR) is 166 cm³/mol. The lowest BCUT2D eigenvalue weighted by molar-refractivity contribution is -0.145. The minimum absolute atomic E-state index is 0.0205. The van der Waals surface area contributed by atoms with E-state index >= 15 is 0 Å². The summed E-state index contributed by atoms with van der Waals surface area (Å²) >= 11 is 0. The van der Waals surface area contributed by atoms with Gasteiger partial charge in [-0.05, 0) is 57.5 Å². The molecule has 3 unspecified atom stereocenters. The molecule has 2 rings (SSSR count). The normalized spacial score (nSPS) is 16.5. The maximum atomic E-state index is 12.6. The van der Waals surface area contributed by atoms with E-state index in [1.54, 1.807) is 0 Å². The molecule has 3 atom stereocenters. The van der Waals surface area contributed by atoms with Crippen LogP contribution in [-0.4, -0.2) is 68.9 Å². The number of likely N-dealkylation sites (N-methyl/N-ethyl adjacent to an activating group) is 1. The summed E-state index contributed by atoms with van der Waals surface area (Å²) in [6.45, 7) is 14.8. The fourth-order valence-electron chi connectivity index (χ4n) is 3.84. The summed E-state index contributed by atoms with van der Waals surface area (Å²) < 4.78 is 4.89. The second-order valence-corrected chi connectivity index (χ2v) is 8.59. The molecule has 8 nitrogen and oxygen atoms in total. The van der Waals surface area contributed by atoms with E-state index in [0.717, 1.165) is 35.8 Å². The first-order valence-corrected chi connectivity index (χ1v) is 14.3. The molecule has 1 aromatic rings. The van der Waals surface area contributed by atoms with Crippen molar-refractivity contribution in [3.63, 3.8) is 0 Å². The zero-order chi connectivity index (χ0) is 30.8. The maximum Gasteiger partial charge on any atom is 0.328 e. The third kappa shape index (κ3) is 17.6. The number of hydrogen-bond donors (Lipinski definition) is 3. The number of allylic oxidation sites excluding steroid dienone is 1. The Hall–Kier alpha value is -2.55. The average molecular weight is 551 g/mol. The molecular formula is C31H58N4O4. The van der Waals surface area contributed by atoms with Crippen LogP contribution in [0.25, 0.3) is 6.08 Å². The lowest BCUT2D eigenvalue weighted by Crippen LogP contribution is -2.49. The van der Waals surface area contributed by atoms with Crippen LogP contribution < -0.4 is 16.8 Å². The van der Waals surface area contributed by atoms with Crippen molar-refractivity contribution >= 4 is 24.2 Å². The molecule has 0 radical (unpaired) electrons. The molecule has 0 spiro atoms. The number of methoxy groups -OCH3 is 1. The van der Waals surface area contributed by atoms with Gasteiger partial charge in [0.15, 0.2) is 0 Å². The molecule has 1 aliphatic heterocycles. The van der Waals surface area contributed by atoms with Gasteiger partial charge >= 0.3 is 5.97 Å². The number of aldehydes is 1. The highest BCUT2D eigenvalue weighted by Gasteiger charge is 2.34. The van der Waals surface area contributed by atoms with E-state index in [1.165, 1.54) is 27.0 Å². The van der Waals surface area contributed by atoms with Crippen LogP contribution in [0.4, 0.5) is 0 Å². The highest BCUT2D eigenvalue weighted by molar-refractivity contribution is 5.88. The molecule has 8 heteroatoms. The van der Waals surface area contributed by atoms with Crippen LogP contribution in [0.2, 0.25) is 0 Å². The molecule has 0 saturated carbocycles. The Morgan fingerprint density at radius 1 is 1.18 bits per heavy atom. The smallest absolute Gasteiger partial charge is 0.328 e. The first-order valence-electron chi connectivity index (χ1n) is 14.3. The molecule has 226 valence electrons. The Kier molecular flexibility index (Phi) is 28.4. The van der Waals surface area contributed by atoms with E-state index in [-0.39, 0.29) is 18.0 Å². The maximum absolute atomic E-state index is 12.6. The van der Waals surface area contributed by atoms with E-state index in [9.17, 15) is 14.4 Å². The number of ether oxygens (including phenoxy) is 1. The number of carbonyl (C=O) groups excluding carboxylic acids is 3. The van der Waals surface area contributed by atoms with Crippen molar-refractivity contribution in [1.82, 2.24) is 10.2 Å². The number of esters is 1. The fourth-order valence-corrected chi connectivity index (χ4v) is 3.84. The Balaban J connectivity index is -0.000000844. The number of rotatable bonds is 10. The van der Waals surface area contributed by atoms with Crippen molar-refractivity contribution in [2.24, 2.45) is 11.5 Å². The Morgan fingerprint density at radius 2 is 1.79 bits per heavy atom. The highest BCUT2D eigenvalue weighted by atomic mass is 16.5. The number of carbonyl (C=O) groups is 3. The lowest BCUT2D eigenvalue weighted by atomic mass is 9.99. The van der Waals surface area contributed by atoms with Gasteiger partial charge in [-0.1, -0.05) is 77.8 Å². The Labute approximate surface area is 238 Å². The number of unbranched alkanes of at least 4 members (excludes halogenated alkanes) is 3. The second kappa shape index (κ2) is 27.0. The minimum atomic E-state index is -0.723. The third-order valence-electron chi connectivity index (χ3n) is 5.74. The van der Waals surface area contributed by atoms with Gasteiger partial charge in [-0.15, -0.1) is 0 Å². The van der Waals surface area contributed by atoms with Gasteiger partial charge in [-0.3, -0.25) is 9.69 Å². The van der Waals surface area contributed by atoms with Gasteiger partial charge in [0.25, 0.3) is 0 Å². The number of hydrogen-bond acceptors (Lipinski definition) is 7. The van der Waals surface area contributed by atoms with Crippen LogP contribution in [0, 0.1) is 6.92 Å². The summed E-state index contributed by atoms with van der Waals surface area (Å²) in [4.78, 5) is 36.4. The number of nitrogens with zero attached hydrogens (tertiary/aromatic N) is 1. The van der Waals surface area contributed by atoms with Crippen LogP contribution in [0.3, 0.4) is 0 Å². The summed E-state index contributed by atoms with van der Waals surface area (Å²) in [6, 6.07) is 4.97. The van der Waals surface area contributed by atoms with Crippen LogP contribution in [0.15, 0.2) is 24.3 Å². The van der Waals surface area contributed by atoms with Crippen molar-refractivity contribution in [2.75, 3.05) is 27.7 Å². The molecule has 39 heavy (non-hydrogen) atoms. The molecule has 0 aromatic heterocycles. The van der Waals surface area contributed by atoms with Gasteiger partial charge in [0.1, 0.15) is 12.3 Å². The van der Waals surface area contributed by atoms with Crippen LogP contribution >= 0.6 is 0 Å². The van der Waals surface area contributed by atoms with Crippen molar-refractivity contribution in [3.8, 4) is 0 Å². The van der Waals surface area contributed by atoms with Gasteiger partial charge in [0.05, 0.1) is 13.2 Å². The van der Waals surface area contributed by atoms with Gasteiger partial charge in [-0.25, -0.2) is 4.79 Å². The highest BCUT2D eigenvalue weighted by Crippen LogP contribution is 2.17. The minimum Gasteiger partial charge on any atom is -0.467 e. The third-order valence-corrected chi connectivity index (χ3v) is 5.74. The molecule has 1 aliphatic rings. The average Bonchev–Trinajstić information content (AvgIpc) is 3.31. The standard InChI is InChI=1S/C20H29N3O3.C6H12O.2C2H6.CH5N/c1-5-6-15-9-14(8-7-13(15)2)10-17(20(25)26-4)22-19(24)18-11-16(21)12-23(18)3;1-2-3-4-5-6-7;3*1-2/h5-9,16-18H,10-12,21H2,1-4H3,(H,22,24);6H,2-5H2,1H3;2*1-2H3;2H2,1H3/b6-5-;;;;. The van der Waals surface area contributed by atoms with Crippen LogP contribution in [0.1, 0.15) is 90.3 Å².